The molecule has 1 rings (SSSR count). The summed E-state index contributed by atoms with van der Waals surface area (Å²) < 4.78 is 26.9. The van der Waals surface area contributed by atoms with Gasteiger partial charge in [0.15, 0.2) is 0 Å². The van der Waals surface area contributed by atoms with Gasteiger partial charge in [-0.2, -0.15) is 0 Å². The van der Waals surface area contributed by atoms with E-state index in [0.717, 1.165) is 0 Å². The molecule has 1 heterocycles. The number of rotatable bonds is 7. The molecule has 1 saturated heterocycles. The average molecular weight is 351 g/mol. The lowest BCUT2D eigenvalue weighted by atomic mass is 10.1. The second-order valence-corrected chi connectivity index (χ2v) is 9.15. The Balaban J connectivity index is 2.65. The van der Waals surface area contributed by atoms with E-state index in [1.165, 1.54) is 7.11 Å². The SMILES string of the molecule is COP(=O)(N(C)C)N1CCN(C(=O)C(C)(C)OCC(C)O)CC1. The quantitative estimate of drug-likeness (QED) is 0.674. The number of piperazine rings is 1. The van der Waals surface area contributed by atoms with Crippen molar-refractivity contribution in [2.75, 3.05) is 54.0 Å². The zero-order chi connectivity index (χ0) is 17.8. The number of hydrogen-bond acceptors (Lipinski definition) is 5. The van der Waals surface area contributed by atoms with E-state index in [-0.39, 0.29) is 12.5 Å². The molecular formula is C14H30N3O5P. The first-order valence-corrected chi connectivity index (χ1v) is 9.28. The third-order valence-electron chi connectivity index (χ3n) is 3.84. The van der Waals surface area contributed by atoms with Gasteiger partial charge < -0.3 is 19.3 Å². The van der Waals surface area contributed by atoms with Gasteiger partial charge in [0.2, 0.25) is 0 Å². The number of nitrogens with zero attached hydrogens (tertiary/aromatic N) is 3. The monoisotopic (exact) mass is 351 g/mol. The molecule has 23 heavy (non-hydrogen) atoms. The van der Waals surface area contributed by atoms with Crippen LogP contribution >= 0.6 is 7.67 Å². The van der Waals surface area contributed by atoms with Crippen molar-refractivity contribution in [2.45, 2.75) is 32.5 Å². The molecule has 2 unspecified atom stereocenters. The summed E-state index contributed by atoms with van der Waals surface area (Å²) in [4.78, 5) is 14.3. The molecule has 1 aliphatic heterocycles. The molecule has 0 radical (unpaired) electrons. The largest absolute Gasteiger partial charge is 0.391 e. The fourth-order valence-corrected chi connectivity index (χ4v) is 4.20. The van der Waals surface area contributed by atoms with Gasteiger partial charge in [-0.3, -0.25) is 9.36 Å². The average Bonchev–Trinajstić information content (AvgIpc) is 2.51. The maximum atomic E-state index is 12.8. The first-order valence-electron chi connectivity index (χ1n) is 7.75. The van der Waals surface area contributed by atoms with E-state index >= 15 is 0 Å². The van der Waals surface area contributed by atoms with Crippen molar-refractivity contribution >= 4 is 13.6 Å². The van der Waals surface area contributed by atoms with Crippen LogP contribution in [0.2, 0.25) is 0 Å². The molecular weight excluding hydrogens is 321 g/mol. The molecule has 2 atom stereocenters. The molecule has 0 bridgehead atoms. The van der Waals surface area contributed by atoms with Gasteiger partial charge in [0.05, 0.1) is 12.7 Å². The Bertz CT molecular complexity index is 448. The van der Waals surface area contributed by atoms with E-state index in [4.69, 9.17) is 9.26 Å². The van der Waals surface area contributed by atoms with Gasteiger partial charge in [0.25, 0.3) is 5.91 Å². The summed E-state index contributed by atoms with van der Waals surface area (Å²) in [7, 11) is 1.86. The lowest BCUT2D eigenvalue weighted by molar-refractivity contribution is -0.158. The molecule has 0 saturated carbocycles. The molecule has 0 spiro atoms. The van der Waals surface area contributed by atoms with E-state index in [0.29, 0.717) is 26.2 Å². The Labute approximate surface area is 138 Å². The van der Waals surface area contributed by atoms with Gasteiger partial charge in [-0.15, -0.1) is 0 Å². The molecule has 0 aromatic carbocycles. The van der Waals surface area contributed by atoms with Crippen molar-refractivity contribution in [3.05, 3.63) is 0 Å². The second-order valence-electron chi connectivity index (χ2n) is 6.44. The number of carbonyl (C=O) groups excluding carboxylic acids is 1. The van der Waals surface area contributed by atoms with Gasteiger partial charge >= 0.3 is 7.67 Å². The van der Waals surface area contributed by atoms with Crippen molar-refractivity contribution in [3.8, 4) is 0 Å². The van der Waals surface area contributed by atoms with Crippen LogP contribution in [0.3, 0.4) is 0 Å². The van der Waals surface area contributed by atoms with Crippen molar-refractivity contribution in [1.29, 1.82) is 0 Å². The van der Waals surface area contributed by atoms with E-state index in [1.54, 1.807) is 49.1 Å². The topological polar surface area (TPSA) is 82.6 Å². The zero-order valence-electron chi connectivity index (χ0n) is 15.0. The molecule has 0 aromatic rings. The highest BCUT2D eigenvalue weighted by molar-refractivity contribution is 7.53. The van der Waals surface area contributed by atoms with Crippen LogP contribution in [0.15, 0.2) is 0 Å². The van der Waals surface area contributed by atoms with E-state index < -0.39 is 19.4 Å². The smallest absolute Gasteiger partial charge is 0.345 e. The third-order valence-corrected chi connectivity index (χ3v) is 6.45. The highest BCUT2D eigenvalue weighted by Gasteiger charge is 2.39. The standard InChI is InChI=1S/C14H30N3O5P/c1-12(18)11-22-14(2,3)13(19)16-7-9-17(10-8-16)23(20,21-6)15(4)5/h12,18H,7-11H2,1-6H3. The summed E-state index contributed by atoms with van der Waals surface area (Å²) in [6, 6.07) is 0. The van der Waals surface area contributed by atoms with Crippen LogP contribution in [0.1, 0.15) is 20.8 Å². The van der Waals surface area contributed by atoms with Crippen molar-refractivity contribution in [3.63, 3.8) is 0 Å². The van der Waals surface area contributed by atoms with Crippen molar-refractivity contribution < 1.29 is 23.7 Å². The van der Waals surface area contributed by atoms with Crippen LogP contribution < -0.4 is 0 Å². The Kier molecular flexibility index (Phi) is 7.19. The normalized spacial score (nSPS) is 21.3. The molecule has 1 aliphatic rings. The number of aliphatic hydroxyl groups excluding tert-OH is 1. The fraction of sp³-hybridized carbons (Fsp3) is 0.929. The highest BCUT2D eigenvalue weighted by Crippen LogP contribution is 2.51. The summed E-state index contributed by atoms with van der Waals surface area (Å²) >= 11 is 0. The first kappa shape index (κ1) is 20.5. The first-order chi connectivity index (χ1) is 10.5. The molecule has 1 fully saturated rings. The summed E-state index contributed by atoms with van der Waals surface area (Å²) in [5, 5.41) is 9.31. The van der Waals surface area contributed by atoms with Crippen LogP contribution in [0, 0.1) is 0 Å². The number of aliphatic hydroxyl groups is 1. The van der Waals surface area contributed by atoms with Crippen LogP contribution in [-0.4, -0.2) is 91.0 Å². The Morgan fingerprint density at radius 3 is 2.22 bits per heavy atom. The van der Waals surface area contributed by atoms with Crippen LogP contribution in [0.25, 0.3) is 0 Å². The minimum absolute atomic E-state index is 0.109. The summed E-state index contributed by atoms with van der Waals surface area (Å²) in [6.07, 6.45) is -0.619. The second kappa shape index (κ2) is 8.05. The fourth-order valence-electron chi connectivity index (χ4n) is 2.45. The molecule has 0 aliphatic carbocycles. The Morgan fingerprint density at radius 2 is 1.83 bits per heavy atom. The zero-order valence-corrected chi connectivity index (χ0v) is 15.9. The van der Waals surface area contributed by atoms with E-state index in [2.05, 4.69) is 0 Å². The number of ether oxygens (including phenoxy) is 1. The number of amides is 1. The van der Waals surface area contributed by atoms with Gasteiger partial charge in [0.1, 0.15) is 5.60 Å². The lowest BCUT2D eigenvalue weighted by Gasteiger charge is -2.41. The van der Waals surface area contributed by atoms with Crippen molar-refractivity contribution in [2.24, 2.45) is 0 Å². The highest BCUT2D eigenvalue weighted by atomic mass is 31.2. The summed E-state index contributed by atoms with van der Waals surface area (Å²) in [5.74, 6) is -0.130. The maximum absolute atomic E-state index is 12.8. The van der Waals surface area contributed by atoms with Crippen LogP contribution in [-0.2, 0) is 18.6 Å². The predicted molar refractivity (Wildman–Crippen MR) is 88.2 cm³/mol. The number of carbonyl (C=O) groups is 1. The maximum Gasteiger partial charge on any atom is 0.345 e. The minimum atomic E-state index is -3.01. The van der Waals surface area contributed by atoms with E-state index in [1.807, 2.05) is 0 Å². The lowest BCUT2D eigenvalue weighted by Crippen LogP contribution is -2.54. The predicted octanol–water partition coefficient (Wildman–Crippen LogP) is 0.623. The molecule has 0 aromatic heterocycles. The van der Waals surface area contributed by atoms with Crippen molar-refractivity contribution in [1.82, 2.24) is 14.2 Å². The van der Waals surface area contributed by atoms with Crippen LogP contribution in [0.4, 0.5) is 0 Å². The van der Waals surface area contributed by atoms with Gasteiger partial charge in [-0.05, 0) is 34.9 Å². The summed E-state index contributed by atoms with van der Waals surface area (Å²) in [6.45, 7) is 6.99. The molecule has 136 valence electrons. The Hall–Kier alpha value is -0.500. The minimum Gasteiger partial charge on any atom is -0.391 e. The molecule has 9 heteroatoms. The van der Waals surface area contributed by atoms with Gasteiger partial charge in [-0.1, -0.05) is 0 Å². The Morgan fingerprint density at radius 1 is 1.30 bits per heavy atom. The number of hydrogen-bond donors (Lipinski definition) is 1. The molecule has 8 nitrogen and oxygen atoms in total. The van der Waals surface area contributed by atoms with Crippen LogP contribution in [0.5, 0.6) is 0 Å². The molecule has 1 amide bonds. The summed E-state index contributed by atoms with van der Waals surface area (Å²) in [5.41, 5.74) is -0.994. The molecule has 1 N–H and O–H groups in total. The van der Waals surface area contributed by atoms with Gasteiger partial charge in [0, 0.05) is 33.3 Å². The van der Waals surface area contributed by atoms with Gasteiger partial charge in [-0.25, -0.2) is 9.34 Å². The van der Waals surface area contributed by atoms with E-state index in [9.17, 15) is 14.5 Å². The third kappa shape index (κ3) is 4.98.